The molecule has 0 unspecified atom stereocenters. The van der Waals surface area contributed by atoms with Gasteiger partial charge in [-0.05, 0) is 20.0 Å². The highest BCUT2D eigenvalue weighted by molar-refractivity contribution is 4.44. The third kappa shape index (κ3) is 24.9. The third-order valence-electron chi connectivity index (χ3n) is 2.17. The highest BCUT2D eigenvalue weighted by Gasteiger charge is 1.94. The zero-order valence-corrected chi connectivity index (χ0v) is 13.9. The summed E-state index contributed by atoms with van der Waals surface area (Å²) in [6.07, 6.45) is 2.35. The van der Waals surface area contributed by atoms with Crippen molar-refractivity contribution < 1.29 is 9.47 Å². The molecule has 0 aliphatic rings. The molecule has 0 aromatic carbocycles. The molecule has 0 rings (SSSR count). The average molecular weight is 263 g/mol. The van der Waals surface area contributed by atoms with E-state index in [-0.39, 0.29) is 0 Å². The van der Waals surface area contributed by atoms with Crippen LogP contribution in [0.15, 0.2) is 0 Å². The van der Waals surface area contributed by atoms with Crippen LogP contribution >= 0.6 is 0 Å². The van der Waals surface area contributed by atoms with Gasteiger partial charge >= 0.3 is 0 Å². The van der Waals surface area contributed by atoms with E-state index in [1.165, 1.54) is 6.42 Å². The van der Waals surface area contributed by atoms with Crippen LogP contribution in [0.25, 0.3) is 0 Å². The maximum atomic E-state index is 5.42. The molecule has 0 fully saturated rings. The van der Waals surface area contributed by atoms with Gasteiger partial charge in [0.2, 0.25) is 0 Å². The highest BCUT2D eigenvalue weighted by atomic mass is 16.5. The summed E-state index contributed by atoms with van der Waals surface area (Å²) in [6, 6.07) is 0. The lowest BCUT2D eigenvalue weighted by atomic mass is 10.4. The summed E-state index contributed by atoms with van der Waals surface area (Å²) < 4.78 is 10.8. The SMILES string of the molecule is CC.CC.CCCCOCCOCCN(C)CC. The Bertz CT molecular complexity index is 111. The molecule has 0 spiro atoms. The van der Waals surface area contributed by atoms with Gasteiger partial charge in [-0.3, -0.25) is 0 Å². The Morgan fingerprint density at radius 2 is 1.28 bits per heavy atom. The van der Waals surface area contributed by atoms with Gasteiger partial charge in [0.25, 0.3) is 0 Å². The summed E-state index contributed by atoms with van der Waals surface area (Å²) in [7, 11) is 2.10. The number of unbranched alkanes of at least 4 members (excludes halogenated alkanes) is 1. The topological polar surface area (TPSA) is 21.7 Å². The number of nitrogens with zero attached hydrogens (tertiary/aromatic N) is 1. The summed E-state index contributed by atoms with van der Waals surface area (Å²) in [4.78, 5) is 2.23. The van der Waals surface area contributed by atoms with Gasteiger partial charge in [0.15, 0.2) is 0 Å². The first-order chi connectivity index (χ1) is 8.81. The van der Waals surface area contributed by atoms with Crippen molar-refractivity contribution in [3.8, 4) is 0 Å². The van der Waals surface area contributed by atoms with Gasteiger partial charge < -0.3 is 14.4 Å². The molecule has 0 N–H and O–H groups in total. The van der Waals surface area contributed by atoms with E-state index in [1.807, 2.05) is 27.7 Å². The fourth-order valence-corrected chi connectivity index (χ4v) is 0.947. The summed E-state index contributed by atoms with van der Waals surface area (Å²) in [5.41, 5.74) is 0. The van der Waals surface area contributed by atoms with Crippen LogP contribution in [-0.2, 0) is 9.47 Å². The molecule has 18 heavy (non-hydrogen) atoms. The van der Waals surface area contributed by atoms with E-state index in [4.69, 9.17) is 9.47 Å². The lowest BCUT2D eigenvalue weighted by Gasteiger charge is -2.13. The predicted molar refractivity (Wildman–Crippen MR) is 82.4 cm³/mol. The molecule has 0 aromatic heterocycles. The van der Waals surface area contributed by atoms with Gasteiger partial charge in [0, 0.05) is 13.2 Å². The Kier molecular flexibility index (Phi) is 32.8. The predicted octanol–water partition coefficient (Wildman–Crippen LogP) is 3.82. The van der Waals surface area contributed by atoms with Crippen LogP contribution in [0, 0.1) is 0 Å². The normalized spacial score (nSPS) is 9.33. The molecule has 114 valence electrons. The first-order valence-corrected chi connectivity index (χ1v) is 7.65. The van der Waals surface area contributed by atoms with Gasteiger partial charge in [-0.1, -0.05) is 48.0 Å². The second-order valence-corrected chi connectivity index (χ2v) is 3.47. The largest absolute Gasteiger partial charge is 0.379 e. The van der Waals surface area contributed by atoms with Gasteiger partial charge in [-0.15, -0.1) is 0 Å². The van der Waals surface area contributed by atoms with Crippen LogP contribution in [0.3, 0.4) is 0 Å². The maximum absolute atomic E-state index is 5.42. The molecule has 3 nitrogen and oxygen atoms in total. The van der Waals surface area contributed by atoms with Crippen molar-refractivity contribution >= 4 is 0 Å². The molecule has 0 atom stereocenters. The molecular formula is C15H37NO2. The highest BCUT2D eigenvalue weighted by Crippen LogP contribution is 1.88. The van der Waals surface area contributed by atoms with E-state index in [0.717, 1.165) is 45.9 Å². The van der Waals surface area contributed by atoms with E-state index < -0.39 is 0 Å². The van der Waals surface area contributed by atoms with Crippen molar-refractivity contribution in [1.29, 1.82) is 0 Å². The van der Waals surface area contributed by atoms with Crippen molar-refractivity contribution in [3.63, 3.8) is 0 Å². The van der Waals surface area contributed by atoms with Crippen molar-refractivity contribution in [2.24, 2.45) is 0 Å². The number of ether oxygens (including phenoxy) is 2. The first kappa shape index (κ1) is 23.0. The van der Waals surface area contributed by atoms with E-state index in [9.17, 15) is 0 Å². The Morgan fingerprint density at radius 3 is 1.72 bits per heavy atom. The van der Waals surface area contributed by atoms with Gasteiger partial charge in [0.05, 0.1) is 19.8 Å². The number of rotatable bonds is 10. The molecule has 0 heterocycles. The standard InChI is InChI=1S/C11H25NO2.2C2H6/c1-4-6-8-13-10-11-14-9-7-12(3)5-2;2*1-2/h4-11H2,1-3H3;2*1-2H3. The Balaban J connectivity index is -0.000000506. The van der Waals surface area contributed by atoms with Crippen molar-refractivity contribution in [2.45, 2.75) is 54.4 Å². The molecule has 0 amide bonds. The summed E-state index contributed by atoms with van der Waals surface area (Å²) in [5, 5.41) is 0. The van der Waals surface area contributed by atoms with Crippen LogP contribution < -0.4 is 0 Å². The minimum Gasteiger partial charge on any atom is -0.379 e. The smallest absolute Gasteiger partial charge is 0.0701 e. The zero-order chi connectivity index (χ0) is 14.6. The summed E-state index contributed by atoms with van der Waals surface area (Å²) in [5.74, 6) is 0. The van der Waals surface area contributed by atoms with Gasteiger partial charge in [-0.2, -0.15) is 0 Å². The second-order valence-electron chi connectivity index (χ2n) is 3.47. The Labute approximate surface area is 116 Å². The summed E-state index contributed by atoms with van der Waals surface area (Å²) >= 11 is 0. The van der Waals surface area contributed by atoms with E-state index in [1.54, 1.807) is 0 Å². The van der Waals surface area contributed by atoms with E-state index >= 15 is 0 Å². The number of hydrogen-bond acceptors (Lipinski definition) is 3. The minimum atomic E-state index is 0.723. The molecule has 0 aliphatic carbocycles. The third-order valence-corrected chi connectivity index (χ3v) is 2.17. The van der Waals surface area contributed by atoms with Crippen LogP contribution in [0.5, 0.6) is 0 Å². The average Bonchev–Trinajstić information content (AvgIpc) is 2.45. The molecule has 0 saturated heterocycles. The molecular weight excluding hydrogens is 226 g/mol. The molecule has 0 aromatic rings. The van der Waals surface area contributed by atoms with Crippen molar-refractivity contribution in [3.05, 3.63) is 0 Å². The van der Waals surface area contributed by atoms with Gasteiger partial charge in [0.1, 0.15) is 0 Å². The fraction of sp³-hybridized carbons (Fsp3) is 1.00. The molecule has 0 saturated carbocycles. The Hall–Kier alpha value is -0.120. The van der Waals surface area contributed by atoms with Crippen LogP contribution in [0.1, 0.15) is 54.4 Å². The maximum Gasteiger partial charge on any atom is 0.0701 e. The lowest BCUT2D eigenvalue weighted by molar-refractivity contribution is 0.0404. The van der Waals surface area contributed by atoms with E-state index in [0.29, 0.717) is 0 Å². The Morgan fingerprint density at radius 1 is 0.778 bits per heavy atom. The monoisotopic (exact) mass is 263 g/mol. The van der Waals surface area contributed by atoms with Crippen LogP contribution in [0.4, 0.5) is 0 Å². The minimum absolute atomic E-state index is 0.723. The first-order valence-electron chi connectivity index (χ1n) is 7.65. The van der Waals surface area contributed by atoms with E-state index in [2.05, 4.69) is 25.8 Å². The van der Waals surface area contributed by atoms with Gasteiger partial charge in [-0.25, -0.2) is 0 Å². The fourth-order valence-electron chi connectivity index (χ4n) is 0.947. The summed E-state index contributed by atoms with van der Waals surface area (Å²) in [6.45, 7) is 17.5. The van der Waals surface area contributed by atoms with Crippen molar-refractivity contribution in [2.75, 3.05) is 46.6 Å². The van der Waals surface area contributed by atoms with Crippen molar-refractivity contribution in [1.82, 2.24) is 4.90 Å². The number of hydrogen-bond donors (Lipinski definition) is 0. The molecule has 3 heteroatoms. The lowest BCUT2D eigenvalue weighted by Crippen LogP contribution is -2.23. The molecule has 0 radical (unpaired) electrons. The zero-order valence-electron chi connectivity index (χ0n) is 13.9. The quantitative estimate of drug-likeness (QED) is 0.559. The molecule has 0 aliphatic heterocycles. The number of likely N-dealkylation sites (N-methyl/N-ethyl adjacent to an activating group) is 1. The van der Waals surface area contributed by atoms with Crippen LogP contribution in [0.2, 0.25) is 0 Å². The molecule has 0 bridgehead atoms. The second kappa shape index (κ2) is 25.7. The van der Waals surface area contributed by atoms with Crippen LogP contribution in [-0.4, -0.2) is 51.5 Å².